The van der Waals surface area contributed by atoms with Crippen LogP contribution >= 0.6 is 0 Å². The molecule has 0 saturated carbocycles. The number of halogens is 1. The minimum atomic E-state index is 0. The van der Waals surface area contributed by atoms with Gasteiger partial charge in [0.2, 0.25) is 0 Å². The molecule has 1 aliphatic rings. The molecule has 0 spiro atoms. The molecule has 0 aliphatic carbocycles. The third-order valence-corrected chi connectivity index (χ3v) is 3.40. The molecule has 2 unspecified atom stereocenters. The fourth-order valence-electron chi connectivity index (χ4n) is 2.40. The molecular weight excluding hydrogens is 206 g/mol. The maximum atomic E-state index is 3.60. The second-order valence-corrected chi connectivity index (χ2v) is 4.65. The zero-order valence-electron chi connectivity index (χ0n) is 9.89. The summed E-state index contributed by atoms with van der Waals surface area (Å²) in [5.74, 6) is 0.695. The Morgan fingerprint density at radius 2 is 1.87 bits per heavy atom. The van der Waals surface area contributed by atoms with Gasteiger partial charge in [0.15, 0.2) is 0 Å². The molecule has 2 atom stereocenters. The van der Waals surface area contributed by atoms with Crippen LogP contribution in [0.4, 0.5) is 5.69 Å². The van der Waals surface area contributed by atoms with Gasteiger partial charge < -0.3 is 17.7 Å². The van der Waals surface area contributed by atoms with Gasteiger partial charge in [0.25, 0.3) is 0 Å². The summed E-state index contributed by atoms with van der Waals surface area (Å²) in [6.45, 7) is 8.99. The average molecular weight is 225 g/mol. The zero-order chi connectivity index (χ0) is 10.3. The van der Waals surface area contributed by atoms with Crippen molar-refractivity contribution in [3.05, 3.63) is 28.8 Å². The molecule has 0 radical (unpaired) electrons. The van der Waals surface area contributed by atoms with Crippen molar-refractivity contribution in [2.24, 2.45) is 0 Å². The number of hydrogen-bond acceptors (Lipinski definition) is 1. The van der Waals surface area contributed by atoms with Crippen molar-refractivity contribution in [1.29, 1.82) is 0 Å². The summed E-state index contributed by atoms with van der Waals surface area (Å²) in [5.41, 5.74) is 5.68. The Labute approximate surface area is 98.7 Å². The molecule has 1 N–H and O–H groups in total. The van der Waals surface area contributed by atoms with Crippen LogP contribution in [0.15, 0.2) is 12.1 Å². The van der Waals surface area contributed by atoms with Gasteiger partial charge in [0, 0.05) is 11.7 Å². The van der Waals surface area contributed by atoms with Crippen molar-refractivity contribution < 1.29 is 12.4 Å². The molecule has 15 heavy (non-hydrogen) atoms. The lowest BCUT2D eigenvalue weighted by molar-refractivity contribution is -0.00000319. The van der Waals surface area contributed by atoms with E-state index >= 15 is 0 Å². The second-order valence-electron chi connectivity index (χ2n) is 4.65. The Bertz CT molecular complexity index is 360. The Hall–Kier alpha value is -0.690. The summed E-state index contributed by atoms with van der Waals surface area (Å²) in [6.07, 6.45) is 1.25. The quantitative estimate of drug-likeness (QED) is 0.681. The first-order chi connectivity index (χ1) is 6.59. The van der Waals surface area contributed by atoms with Crippen molar-refractivity contribution in [1.82, 2.24) is 0 Å². The largest absolute Gasteiger partial charge is 1.00 e. The van der Waals surface area contributed by atoms with E-state index < -0.39 is 0 Å². The lowest BCUT2D eigenvalue weighted by atomic mass is 9.86. The molecule has 0 amide bonds. The molecule has 0 saturated heterocycles. The molecule has 1 nitrogen and oxygen atoms in total. The van der Waals surface area contributed by atoms with Crippen LogP contribution < -0.4 is 17.7 Å². The van der Waals surface area contributed by atoms with Crippen LogP contribution in [0.5, 0.6) is 0 Å². The minimum absolute atomic E-state index is 0. The molecular formula is C13H19ClN-. The SMILES string of the molecule is Cc1ccc2c(c1C)NC(C)CC2C.[Cl-]. The van der Waals surface area contributed by atoms with Gasteiger partial charge in [0.05, 0.1) is 0 Å². The number of rotatable bonds is 0. The Morgan fingerprint density at radius 3 is 2.53 bits per heavy atom. The van der Waals surface area contributed by atoms with Gasteiger partial charge in [0.1, 0.15) is 0 Å². The molecule has 1 aromatic carbocycles. The van der Waals surface area contributed by atoms with E-state index in [1.807, 2.05) is 0 Å². The van der Waals surface area contributed by atoms with Gasteiger partial charge in [-0.25, -0.2) is 0 Å². The normalized spacial score (nSPS) is 23.7. The topological polar surface area (TPSA) is 12.0 Å². The lowest BCUT2D eigenvalue weighted by Crippen LogP contribution is -3.00. The van der Waals surface area contributed by atoms with Gasteiger partial charge in [-0.05, 0) is 49.8 Å². The Kier molecular flexibility index (Phi) is 3.67. The highest BCUT2D eigenvalue weighted by Gasteiger charge is 2.22. The molecule has 84 valence electrons. The van der Waals surface area contributed by atoms with Crippen LogP contribution in [0, 0.1) is 13.8 Å². The third-order valence-electron chi connectivity index (χ3n) is 3.40. The highest BCUT2D eigenvalue weighted by molar-refractivity contribution is 5.62. The smallest absolute Gasteiger partial charge is 0.0409 e. The van der Waals surface area contributed by atoms with E-state index in [2.05, 4.69) is 45.1 Å². The van der Waals surface area contributed by atoms with E-state index in [0.717, 1.165) is 0 Å². The maximum absolute atomic E-state index is 3.60. The van der Waals surface area contributed by atoms with Crippen molar-refractivity contribution in [2.75, 3.05) is 5.32 Å². The summed E-state index contributed by atoms with van der Waals surface area (Å²) >= 11 is 0. The predicted molar refractivity (Wildman–Crippen MR) is 62.0 cm³/mol. The summed E-state index contributed by atoms with van der Waals surface area (Å²) in [4.78, 5) is 0. The number of aryl methyl sites for hydroxylation is 1. The fourth-order valence-corrected chi connectivity index (χ4v) is 2.40. The maximum Gasteiger partial charge on any atom is 0.0409 e. The molecule has 2 heteroatoms. The van der Waals surface area contributed by atoms with E-state index in [1.54, 1.807) is 0 Å². The van der Waals surface area contributed by atoms with Crippen LogP contribution in [0.3, 0.4) is 0 Å². The first kappa shape index (κ1) is 12.4. The van der Waals surface area contributed by atoms with Crippen molar-refractivity contribution >= 4 is 5.69 Å². The first-order valence-electron chi connectivity index (χ1n) is 5.46. The minimum Gasteiger partial charge on any atom is -1.00 e. The summed E-state index contributed by atoms with van der Waals surface area (Å²) in [7, 11) is 0. The van der Waals surface area contributed by atoms with E-state index in [1.165, 1.54) is 28.8 Å². The molecule has 0 aromatic heterocycles. The molecule has 0 bridgehead atoms. The Balaban J connectivity index is 0.00000112. The fraction of sp³-hybridized carbons (Fsp3) is 0.538. The van der Waals surface area contributed by atoms with Crippen LogP contribution in [-0.4, -0.2) is 6.04 Å². The third kappa shape index (κ3) is 2.12. The number of benzene rings is 1. The van der Waals surface area contributed by atoms with E-state index in [-0.39, 0.29) is 12.4 Å². The van der Waals surface area contributed by atoms with Gasteiger partial charge in [-0.1, -0.05) is 19.1 Å². The highest BCUT2D eigenvalue weighted by Crippen LogP contribution is 2.36. The molecule has 1 aliphatic heterocycles. The van der Waals surface area contributed by atoms with Crippen molar-refractivity contribution in [3.8, 4) is 0 Å². The molecule has 0 fully saturated rings. The molecule has 1 aromatic rings. The summed E-state index contributed by atoms with van der Waals surface area (Å²) in [6, 6.07) is 5.13. The van der Waals surface area contributed by atoms with Crippen molar-refractivity contribution in [2.45, 2.75) is 46.1 Å². The summed E-state index contributed by atoms with van der Waals surface area (Å²) < 4.78 is 0. The van der Waals surface area contributed by atoms with Gasteiger partial charge >= 0.3 is 0 Å². The van der Waals surface area contributed by atoms with E-state index in [0.29, 0.717) is 12.0 Å². The predicted octanol–water partition coefficient (Wildman–Crippen LogP) is 0.615. The van der Waals surface area contributed by atoms with Gasteiger partial charge in [-0.15, -0.1) is 0 Å². The zero-order valence-corrected chi connectivity index (χ0v) is 10.7. The van der Waals surface area contributed by atoms with Crippen LogP contribution in [0.2, 0.25) is 0 Å². The van der Waals surface area contributed by atoms with Crippen LogP contribution in [0.25, 0.3) is 0 Å². The van der Waals surface area contributed by atoms with Gasteiger partial charge in [-0.2, -0.15) is 0 Å². The standard InChI is InChI=1S/C13H19N.ClH/c1-8-5-6-12-9(2)7-10(3)14-13(12)11(8)4;/h5-6,9-10,14H,7H2,1-4H3;1H/p-1. The number of fused-ring (bicyclic) bond motifs is 1. The monoisotopic (exact) mass is 224 g/mol. The van der Waals surface area contributed by atoms with Crippen molar-refractivity contribution in [3.63, 3.8) is 0 Å². The first-order valence-corrected chi connectivity index (χ1v) is 5.46. The number of hydrogen-bond donors (Lipinski definition) is 1. The highest BCUT2D eigenvalue weighted by atomic mass is 35.5. The Morgan fingerprint density at radius 1 is 1.20 bits per heavy atom. The lowest BCUT2D eigenvalue weighted by Gasteiger charge is -2.31. The summed E-state index contributed by atoms with van der Waals surface area (Å²) in [5, 5.41) is 3.60. The molecule has 2 rings (SSSR count). The van der Waals surface area contributed by atoms with Crippen LogP contribution in [-0.2, 0) is 0 Å². The van der Waals surface area contributed by atoms with E-state index in [4.69, 9.17) is 0 Å². The second kappa shape index (κ2) is 4.44. The van der Waals surface area contributed by atoms with Crippen LogP contribution in [0.1, 0.15) is 42.9 Å². The number of nitrogens with one attached hydrogen (secondary N) is 1. The average Bonchev–Trinajstić information content (AvgIpc) is 2.12. The van der Waals surface area contributed by atoms with E-state index in [9.17, 15) is 0 Å². The van der Waals surface area contributed by atoms with Gasteiger partial charge in [-0.3, -0.25) is 0 Å². The molecule has 1 heterocycles. The number of anilines is 1.